The Hall–Kier alpha value is -1.39. The van der Waals surface area contributed by atoms with Crippen molar-refractivity contribution in [3.63, 3.8) is 0 Å². The molecule has 0 unspecified atom stereocenters. The molecule has 0 aliphatic rings. The Labute approximate surface area is 144 Å². The molecule has 1 N–H and O–H groups in total. The molecule has 0 aliphatic carbocycles. The predicted octanol–water partition coefficient (Wildman–Crippen LogP) is 3.09. The monoisotopic (exact) mass is 330 g/mol. The van der Waals surface area contributed by atoms with Gasteiger partial charge in [-0.05, 0) is 69.5 Å². The molecule has 0 bridgehead atoms. The van der Waals surface area contributed by atoms with Crippen molar-refractivity contribution in [3.05, 3.63) is 41.0 Å². The number of quaternary nitrogens is 1. The average molecular weight is 331 g/mol. The second kappa shape index (κ2) is 8.46. The van der Waals surface area contributed by atoms with Crippen molar-refractivity contribution in [1.29, 1.82) is 0 Å². The minimum atomic E-state index is 0.962. The van der Waals surface area contributed by atoms with Gasteiger partial charge in [0, 0.05) is 11.3 Å². The van der Waals surface area contributed by atoms with Crippen LogP contribution < -0.4 is 4.90 Å². The van der Waals surface area contributed by atoms with E-state index in [-0.39, 0.29) is 0 Å². The summed E-state index contributed by atoms with van der Waals surface area (Å²) in [5.74, 6) is 1.09. The average Bonchev–Trinajstić information content (AvgIpc) is 2.56. The van der Waals surface area contributed by atoms with Gasteiger partial charge in [0.05, 0.1) is 25.3 Å². The molecule has 2 aromatic rings. The number of hydrogen-bond donors (Lipinski definition) is 1. The largest absolute Gasteiger partial charge is 0.335 e. The van der Waals surface area contributed by atoms with Crippen LogP contribution >= 0.6 is 11.8 Å². The third-order valence-electron chi connectivity index (χ3n) is 4.46. The fourth-order valence-electron chi connectivity index (χ4n) is 2.68. The van der Waals surface area contributed by atoms with E-state index >= 15 is 0 Å². The Balaban J connectivity index is 2.04. The lowest BCUT2D eigenvalue weighted by Gasteiger charge is -2.14. The van der Waals surface area contributed by atoms with Crippen LogP contribution in [0.5, 0.6) is 0 Å². The first-order chi connectivity index (χ1) is 11.0. The van der Waals surface area contributed by atoms with Crippen molar-refractivity contribution in [3.8, 4) is 11.3 Å². The summed E-state index contributed by atoms with van der Waals surface area (Å²) in [7, 11) is 0. The maximum Gasteiger partial charge on any atom is 0.119 e. The van der Waals surface area contributed by atoms with Crippen LogP contribution in [0.3, 0.4) is 0 Å². The molecule has 3 nitrogen and oxygen atoms in total. The Morgan fingerprint density at radius 2 is 1.61 bits per heavy atom. The van der Waals surface area contributed by atoms with E-state index in [9.17, 15) is 0 Å². The van der Waals surface area contributed by atoms with E-state index in [2.05, 4.69) is 69.1 Å². The van der Waals surface area contributed by atoms with E-state index in [1.54, 1.807) is 16.7 Å². The normalized spacial score (nSPS) is 11.2. The van der Waals surface area contributed by atoms with Gasteiger partial charge in [-0.2, -0.15) is 0 Å². The zero-order valence-corrected chi connectivity index (χ0v) is 15.8. The number of thioether (sulfide) groups is 1. The standard InChI is InChI=1S/C19H27N3S/c1-6-22(7-2)10-11-23-19-9-8-18(20-21-19)17-13-15(4)14(3)12-16(17)5/h8-9,12-13H,6-7,10-11H2,1-5H3/p+1. The predicted molar refractivity (Wildman–Crippen MR) is 99.3 cm³/mol. The first-order valence-corrected chi connectivity index (χ1v) is 9.42. The molecule has 23 heavy (non-hydrogen) atoms. The van der Waals surface area contributed by atoms with E-state index in [1.807, 2.05) is 0 Å². The summed E-state index contributed by atoms with van der Waals surface area (Å²) < 4.78 is 0. The molecule has 0 amide bonds. The van der Waals surface area contributed by atoms with Crippen LogP contribution in [0.4, 0.5) is 0 Å². The molecule has 1 aromatic carbocycles. The molecule has 0 saturated carbocycles. The molecule has 0 radical (unpaired) electrons. The summed E-state index contributed by atoms with van der Waals surface area (Å²) in [6.07, 6.45) is 0. The molecular weight excluding hydrogens is 302 g/mol. The fraction of sp³-hybridized carbons (Fsp3) is 0.474. The topological polar surface area (TPSA) is 30.2 Å². The van der Waals surface area contributed by atoms with Crippen molar-refractivity contribution in [2.24, 2.45) is 0 Å². The van der Waals surface area contributed by atoms with Crippen LogP contribution in [-0.2, 0) is 0 Å². The highest BCUT2D eigenvalue weighted by Gasteiger charge is 2.08. The zero-order valence-electron chi connectivity index (χ0n) is 14.9. The second-order valence-corrected chi connectivity index (χ2v) is 7.18. The Kier molecular flexibility index (Phi) is 6.60. The highest BCUT2D eigenvalue weighted by molar-refractivity contribution is 7.99. The molecule has 0 aliphatic heterocycles. The quantitative estimate of drug-likeness (QED) is 0.791. The summed E-state index contributed by atoms with van der Waals surface area (Å²) in [4.78, 5) is 1.63. The highest BCUT2D eigenvalue weighted by atomic mass is 32.2. The summed E-state index contributed by atoms with van der Waals surface area (Å²) in [5, 5.41) is 9.86. The van der Waals surface area contributed by atoms with Crippen LogP contribution in [0, 0.1) is 20.8 Å². The van der Waals surface area contributed by atoms with E-state index < -0.39 is 0 Å². The second-order valence-electron chi connectivity index (χ2n) is 6.06. The van der Waals surface area contributed by atoms with E-state index in [4.69, 9.17) is 0 Å². The van der Waals surface area contributed by atoms with Crippen LogP contribution in [0.25, 0.3) is 11.3 Å². The lowest BCUT2D eigenvalue weighted by molar-refractivity contribution is -0.893. The summed E-state index contributed by atoms with van der Waals surface area (Å²) in [6.45, 7) is 14.5. The summed E-state index contributed by atoms with van der Waals surface area (Å²) in [5.41, 5.74) is 6.03. The Bertz CT molecular complexity index is 634. The molecule has 0 saturated heterocycles. The van der Waals surface area contributed by atoms with Gasteiger partial charge in [-0.15, -0.1) is 10.2 Å². The molecule has 1 heterocycles. The van der Waals surface area contributed by atoms with Crippen molar-refractivity contribution in [2.75, 3.05) is 25.4 Å². The molecule has 124 valence electrons. The van der Waals surface area contributed by atoms with Crippen LogP contribution in [0.1, 0.15) is 30.5 Å². The molecule has 4 heteroatoms. The van der Waals surface area contributed by atoms with Gasteiger partial charge in [-0.3, -0.25) is 0 Å². The lowest BCUT2D eigenvalue weighted by Crippen LogP contribution is -3.11. The third-order valence-corrected chi connectivity index (χ3v) is 5.38. The first kappa shape index (κ1) is 18.0. The number of nitrogens with zero attached hydrogens (tertiary/aromatic N) is 2. The van der Waals surface area contributed by atoms with Crippen LogP contribution in [0.15, 0.2) is 29.3 Å². The van der Waals surface area contributed by atoms with E-state index in [0.29, 0.717) is 0 Å². The zero-order chi connectivity index (χ0) is 16.8. The highest BCUT2D eigenvalue weighted by Crippen LogP contribution is 2.25. The Morgan fingerprint density at radius 1 is 0.913 bits per heavy atom. The smallest absolute Gasteiger partial charge is 0.119 e. The summed E-state index contributed by atoms with van der Waals surface area (Å²) >= 11 is 1.80. The third kappa shape index (κ3) is 4.79. The first-order valence-electron chi connectivity index (χ1n) is 8.43. The molecule has 2 rings (SSSR count). The maximum absolute atomic E-state index is 4.44. The van der Waals surface area contributed by atoms with Gasteiger partial charge in [-0.1, -0.05) is 17.8 Å². The minimum absolute atomic E-state index is 0.962. The van der Waals surface area contributed by atoms with E-state index in [1.165, 1.54) is 41.9 Å². The SMILES string of the molecule is CC[NH+](CC)CCSc1ccc(-c2cc(C)c(C)cc2C)nn1. The summed E-state index contributed by atoms with van der Waals surface area (Å²) in [6, 6.07) is 8.63. The van der Waals surface area contributed by atoms with Crippen LogP contribution in [0.2, 0.25) is 0 Å². The van der Waals surface area contributed by atoms with Crippen molar-refractivity contribution in [2.45, 2.75) is 39.6 Å². The molecule has 0 spiro atoms. The van der Waals surface area contributed by atoms with Crippen molar-refractivity contribution in [1.82, 2.24) is 10.2 Å². The Morgan fingerprint density at radius 3 is 2.22 bits per heavy atom. The number of aryl methyl sites for hydroxylation is 3. The molecule has 0 fully saturated rings. The van der Waals surface area contributed by atoms with Crippen molar-refractivity contribution >= 4 is 11.8 Å². The number of rotatable bonds is 7. The number of aromatic nitrogens is 2. The van der Waals surface area contributed by atoms with Gasteiger partial charge in [0.2, 0.25) is 0 Å². The lowest BCUT2D eigenvalue weighted by atomic mass is 9.99. The number of nitrogens with one attached hydrogen (secondary N) is 1. The van der Waals surface area contributed by atoms with Crippen molar-refractivity contribution < 1.29 is 4.90 Å². The van der Waals surface area contributed by atoms with Gasteiger partial charge < -0.3 is 4.90 Å². The van der Waals surface area contributed by atoms with Gasteiger partial charge in [0.1, 0.15) is 5.03 Å². The van der Waals surface area contributed by atoms with Crippen LogP contribution in [-0.4, -0.2) is 35.6 Å². The number of benzene rings is 1. The van der Waals surface area contributed by atoms with E-state index in [0.717, 1.165) is 16.5 Å². The van der Waals surface area contributed by atoms with Gasteiger partial charge in [-0.25, -0.2) is 0 Å². The van der Waals surface area contributed by atoms with Gasteiger partial charge >= 0.3 is 0 Å². The fourth-order valence-corrected chi connectivity index (χ4v) is 3.54. The number of hydrogen-bond acceptors (Lipinski definition) is 3. The maximum atomic E-state index is 4.44. The molecular formula is C19H28N3S+. The van der Waals surface area contributed by atoms with Gasteiger partial charge in [0.25, 0.3) is 0 Å². The minimum Gasteiger partial charge on any atom is -0.335 e. The van der Waals surface area contributed by atoms with Gasteiger partial charge in [0.15, 0.2) is 0 Å². The molecule has 1 aromatic heterocycles. The molecule has 0 atom stereocenters.